The van der Waals surface area contributed by atoms with Crippen LogP contribution >= 0.6 is 11.8 Å². The Bertz CT molecular complexity index is 450. The van der Waals surface area contributed by atoms with Crippen LogP contribution in [0.1, 0.15) is 13.8 Å². The molecule has 0 spiro atoms. The molecular weight excluding hydrogens is 272 g/mol. The van der Waals surface area contributed by atoms with Crippen LogP contribution in [-0.4, -0.2) is 48.8 Å². The molecule has 0 radical (unpaired) electrons. The third-order valence-corrected chi connectivity index (χ3v) is 4.60. The average Bonchev–Trinajstić information content (AvgIpc) is 2.48. The van der Waals surface area contributed by atoms with Gasteiger partial charge in [0.2, 0.25) is 5.91 Å². The van der Waals surface area contributed by atoms with Gasteiger partial charge in [0.05, 0.1) is 12.4 Å². The molecular formula is C15H22N2O2S. The lowest BCUT2D eigenvalue weighted by Crippen LogP contribution is -2.54. The second kappa shape index (κ2) is 6.99. The SMILES string of the molecule is COc1ccc(SC(C)C(=O)N2CCNC[C@@H]2C)cc1. The molecule has 1 amide bonds. The molecule has 1 aliphatic heterocycles. The van der Waals surface area contributed by atoms with Crippen molar-refractivity contribution < 1.29 is 9.53 Å². The molecule has 1 aromatic rings. The lowest BCUT2D eigenvalue weighted by atomic mass is 10.2. The van der Waals surface area contributed by atoms with Crippen LogP contribution < -0.4 is 10.1 Å². The zero-order valence-electron chi connectivity index (χ0n) is 12.3. The van der Waals surface area contributed by atoms with Gasteiger partial charge in [-0.1, -0.05) is 0 Å². The molecule has 2 atom stereocenters. The largest absolute Gasteiger partial charge is 0.497 e. The summed E-state index contributed by atoms with van der Waals surface area (Å²) in [5.74, 6) is 1.06. The van der Waals surface area contributed by atoms with Crippen LogP contribution in [0.2, 0.25) is 0 Å². The third kappa shape index (κ3) is 3.67. The summed E-state index contributed by atoms with van der Waals surface area (Å²) in [5, 5.41) is 3.24. The molecule has 0 aliphatic carbocycles. The van der Waals surface area contributed by atoms with Crippen molar-refractivity contribution in [3.05, 3.63) is 24.3 Å². The minimum absolute atomic E-state index is 0.0658. The molecule has 110 valence electrons. The van der Waals surface area contributed by atoms with Gasteiger partial charge in [0.1, 0.15) is 5.75 Å². The van der Waals surface area contributed by atoms with E-state index in [0.717, 1.165) is 30.3 Å². The second-order valence-corrected chi connectivity index (χ2v) is 6.43. The van der Waals surface area contributed by atoms with Crippen molar-refractivity contribution in [2.45, 2.75) is 30.0 Å². The van der Waals surface area contributed by atoms with Crippen LogP contribution in [0.5, 0.6) is 5.75 Å². The zero-order valence-corrected chi connectivity index (χ0v) is 13.1. The summed E-state index contributed by atoms with van der Waals surface area (Å²) in [6.07, 6.45) is 0. The van der Waals surface area contributed by atoms with Crippen LogP contribution in [0.3, 0.4) is 0 Å². The summed E-state index contributed by atoms with van der Waals surface area (Å²) in [4.78, 5) is 15.6. The summed E-state index contributed by atoms with van der Waals surface area (Å²) < 4.78 is 5.14. The minimum atomic E-state index is -0.0658. The van der Waals surface area contributed by atoms with Crippen LogP contribution in [0.4, 0.5) is 0 Å². The van der Waals surface area contributed by atoms with Crippen molar-refractivity contribution >= 4 is 17.7 Å². The standard InChI is InChI=1S/C15H22N2O2S/c1-11-10-16-8-9-17(11)15(18)12(2)20-14-6-4-13(19-3)5-7-14/h4-7,11-12,16H,8-10H2,1-3H3/t11-,12?/m0/s1. The Morgan fingerprint density at radius 3 is 2.75 bits per heavy atom. The van der Waals surface area contributed by atoms with Gasteiger partial charge in [-0.05, 0) is 38.1 Å². The Morgan fingerprint density at radius 1 is 1.45 bits per heavy atom. The van der Waals surface area contributed by atoms with Crippen molar-refractivity contribution in [3.8, 4) is 5.75 Å². The Balaban J connectivity index is 1.95. The lowest BCUT2D eigenvalue weighted by molar-refractivity contribution is -0.133. The molecule has 2 rings (SSSR count). The normalized spacial score (nSPS) is 20.6. The Kier molecular flexibility index (Phi) is 5.31. The van der Waals surface area contributed by atoms with E-state index in [1.165, 1.54) is 0 Å². The van der Waals surface area contributed by atoms with Crippen LogP contribution in [0.25, 0.3) is 0 Å². The van der Waals surface area contributed by atoms with Crippen LogP contribution in [0.15, 0.2) is 29.2 Å². The van der Waals surface area contributed by atoms with E-state index in [1.807, 2.05) is 36.1 Å². The fraction of sp³-hybridized carbons (Fsp3) is 0.533. The van der Waals surface area contributed by atoms with Gasteiger partial charge in [-0.2, -0.15) is 0 Å². The molecule has 0 saturated carbocycles. The number of carbonyl (C=O) groups excluding carboxylic acids is 1. The van der Waals surface area contributed by atoms with Crippen LogP contribution in [0, 0.1) is 0 Å². The Morgan fingerprint density at radius 2 is 2.15 bits per heavy atom. The predicted molar refractivity (Wildman–Crippen MR) is 82.4 cm³/mol. The van der Waals surface area contributed by atoms with Gasteiger partial charge in [-0.15, -0.1) is 11.8 Å². The van der Waals surface area contributed by atoms with E-state index in [-0.39, 0.29) is 17.2 Å². The van der Waals surface area contributed by atoms with E-state index in [2.05, 4.69) is 12.2 Å². The molecule has 20 heavy (non-hydrogen) atoms. The van der Waals surface area contributed by atoms with Gasteiger partial charge < -0.3 is 15.0 Å². The molecule has 0 bridgehead atoms. The number of rotatable bonds is 4. The number of hydrogen-bond acceptors (Lipinski definition) is 4. The van der Waals surface area contributed by atoms with Crippen LogP contribution in [-0.2, 0) is 4.79 Å². The molecule has 5 heteroatoms. The molecule has 1 aliphatic rings. The molecule has 1 saturated heterocycles. The van der Waals surface area contributed by atoms with Gasteiger partial charge in [0.25, 0.3) is 0 Å². The first-order chi connectivity index (χ1) is 9.61. The fourth-order valence-electron chi connectivity index (χ4n) is 2.31. The highest BCUT2D eigenvalue weighted by atomic mass is 32.2. The van der Waals surface area contributed by atoms with E-state index in [4.69, 9.17) is 4.74 Å². The number of methoxy groups -OCH3 is 1. The first-order valence-corrected chi connectivity index (χ1v) is 7.81. The maximum absolute atomic E-state index is 12.5. The van der Waals surface area contributed by atoms with E-state index >= 15 is 0 Å². The predicted octanol–water partition coefficient (Wildman–Crippen LogP) is 2.00. The first kappa shape index (κ1) is 15.2. The van der Waals surface area contributed by atoms with Crippen molar-refractivity contribution in [2.24, 2.45) is 0 Å². The van der Waals surface area contributed by atoms with Crippen molar-refractivity contribution in [2.75, 3.05) is 26.7 Å². The Labute approximate surface area is 124 Å². The summed E-state index contributed by atoms with van der Waals surface area (Å²) in [6, 6.07) is 8.11. The molecule has 1 heterocycles. The molecule has 1 unspecified atom stereocenters. The highest BCUT2D eigenvalue weighted by Gasteiger charge is 2.27. The fourth-order valence-corrected chi connectivity index (χ4v) is 3.25. The topological polar surface area (TPSA) is 41.6 Å². The van der Waals surface area contributed by atoms with Crippen molar-refractivity contribution in [1.29, 1.82) is 0 Å². The minimum Gasteiger partial charge on any atom is -0.497 e. The number of benzene rings is 1. The van der Waals surface area contributed by atoms with Gasteiger partial charge in [-0.25, -0.2) is 0 Å². The van der Waals surface area contributed by atoms with Crippen molar-refractivity contribution in [3.63, 3.8) is 0 Å². The quantitative estimate of drug-likeness (QED) is 0.863. The molecule has 4 nitrogen and oxygen atoms in total. The number of piperazine rings is 1. The number of ether oxygens (including phenoxy) is 1. The molecule has 1 aromatic carbocycles. The lowest BCUT2D eigenvalue weighted by Gasteiger charge is -2.35. The summed E-state index contributed by atoms with van der Waals surface area (Å²) in [6.45, 7) is 6.63. The summed E-state index contributed by atoms with van der Waals surface area (Å²) in [5.41, 5.74) is 0. The summed E-state index contributed by atoms with van der Waals surface area (Å²) >= 11 is 1.60. The maximum atomic E-state index is 12.5. The number of nitrogens with one attached hydrogen (secondary N) is 1. The summed E-state index contributed by atoms with van der Waals surface area (Å²) in [7, 11) is 1.65. The van der Waals surface area contributed by atoms with Gasteiger partial charge in [0, 0.05) is 30.6 Å². The highest BCUT2D eigenvalue weighted by Crippen LogP contribution is 2.27. The zero-order chi connectivity index (χ0) is 14.5. The number of thioether (sulfide) groups is 1. The Hall–Kier alpha value is -1.20. The van der Waals surface area contributed by atoms with Crippen molar-refractivity contribution in [1.82, 2.24) is 10.2 Å². The molecule has 0 aromatic heterocycles. The van der Waals surface area contributed by atoms with Gasteiger partial charge in [0.15, 0.2) is 0 Å². The van der Waals surface area contributed by atoms with E-state index in [1.54, 1.807) is 18.9 Å². The maximum Gasteiger partial charge on any atom is 0.236 e. The second-order valence-electron chi connectivity index (χ2n) is 5.02. The monoisotopic (exact) mass is 294 g/mol. The van der Waals surface area contributed by atoms with E-state index in [0.29, 0.717) is 0 Å². The number of amides is 1. The molecule has 1 N–H and O–H groups in total. The smallest absolute Gasteiger partial charge is 0.236 e. The van der Waals surface area contributed by atoms with Gasteiger partial charge in [-0.3, -0.25) is 4.79 Å². The highest BCUT2D eigenvalue weighted by molar-refractivity contribution is 8.00. The average molecular weight is 294 g/mol. The number of hydrogen-bond donors (Lipinski definition) is 1. The number of carbonyl (C=O) groups is 1. The van der Waals surface area contributed by atoms with Gasteiger partial charge >= 0.3 is 0 Å². The third-order valence-electron chi connectivity index (χ3n) is 3.50. The van der Waals surface area contributed by atoms with E-state index < -0.39 is 0 Å². The van der Waals surface area contributed by atoms with E-state index in [9.17, 15) is 4.79 Å². The molecule has 1 fully saturated rings. The first-order valence-electron chi connectivity index (χ1n) is 6.93. The number of nitrogens with zero attached hydrogens (tertiary/aromatic N) is 1.